The van der Waals surface area contributed by atoms with Crippen LogP contribution in [-0.2, 0) is 153 Å². The molecule has 0 radical (unpaired) electrons. The second kappa shape index (κ2) is 58.4. The van der Waals surface area contributed by atoms with E-state index in [-0.39, 0.29) is 144 Å². The lowest BCUT2D eigenvalue weighted by molar-refractivity contribution is -0.186. The number of phenols is 5. The van der Waals surface area contributed by atoms with E-state index >= 15 is 0 Å². The quantitative estimate of drug-likeness (QED) is 0.00327. The molecule has 3 saturated carbocycles. The molecule has 4 heterocycles. The Bertz CT molecular complexity index is 4870. The van der Waals surface area contributed by atoms with Crippen LogP contribution < -0.4 is 14.2 Å². The molecule has 0 aromatic heterocycles. The van der Waals surface area contributed by atoms with Crippen molar-refractivity contribution in [3.05, 3.63) is 133 Å². The van der Waals surface area contributed by atoms with E-state index in [1.165, 1.54) is 107 Å². The topological polar surface area (TPSA) is 821 Å². The van der Waals surface area contributed by atoms with Crippen molar-refractivity contribution in [3.8, 4) is 46.0 Å². The van der Waals surface area contributed by atoms with Crippen LogP contribution >= 0.6 is 21.6 Å². The number of ether oxygens (including phenoxy) is 12. The number of carboxylic acid groups (broad SMARTS) is 7. The number of aliphatic hydroxyl groups excluding tert-OH is 2. The predicted octanol–water partition coefficient (Wildman–Crippen LogP) is 0.896. The number of sulfone groups is 1. The standard InChI is InChI=1S/C12H10O4S.C9H6O6.C8H4O6.C8H6O5.C8H12O4.C8H6O4.C7H6O4.C6H10O4S2.C4H6O6.C4H6O4.C4H4O4/c13-9-1-5-11(6-2-9)17(15,16)12-7-3-10(14)4-8-12;10-6-2-1-3-5(4(2)8(12)14-6)9(13)15-7(3)11;9-5-1-2(6(10)13-5)4-3(1)7(11)14-8(4)12;9-4-13-7-2-5(8(11)12)1-6(10)3-7;9-5-12-7-3-1-6(2-4-7)8(10)11;9-5-12-7-3-1-2-6(4-7)8(10)11;8-4-11-7-2-1-5(9)3-6(7)10;7-5-10-2-4-12-11-3-1-6(8)9;5-1-10-4(9)2(6)3(7)8;2*5-3-8-2-1-4(6)7/h1-8,13-14H;2-5H,1H2;1-4H;1-4,10H,(H,11,12);5-7H,1-4H2,(H,10,11);1-5H,(H,10,11);1-4,9-10H;5H,1-4H2,(H,8,9);1-2,4,6,9H,(H,7,8);3H,1-2H2,(H,6,7);1-3H,(H,6,7)/b;;;;;;;;;;2-1+. The number of aliphatic hydroxyl groups is 2. The number of fused-ring (bicyclic) bond motifs is 7. The average Bonchev–Trinajstić information content (AvgIpc) is 1.54. The zero-order valence-electron chi connectivity index (χ0n) is 67.0. The van der Waals surface area contributed by atoms with Gasteiger partial charge in [0.15, 0.2) is 11.5 Å². The van der Waals surface area contributed by atoms with Crippen LogP contribution in [0.25, 0.3) is 0 Å². The zero-order chi connectivity index (χ0) is 99.5. The molecule has 712 valence electrons. The fraction of sp³-hybridized carbons (Fsp3) is 0.295. The number of esters is 8. The van der Waals surface area contributed by atoms with Crippen molar-refractivity contribution in [1.29, 1.82) is 0 Å². The molecule has 4 saturated heterocycles. The molecule has 6 atom stereocenters. The van der Waals surface area contributed by atoms with E-state index < -0.39 is 159 Å². The maximum Gasteiger partial charge on any atom is 0.339 e. The van der Waals surface area contributed by atoms with E-state index in [0.29, 0.717) is 62.8 Å². The smallest absolute Gasteiger partial charge is 0.339 e. The first kappa shape index (κ1) is 112. The highest BCUT2D eigenvalue weighted by molar-refractivity contribution is 8.76. The Kier molecular flexibility index (Phi) is 49.6. The van der Waals surface area contributed by atoms with E-state index in [4.69, 9.17) is 76.2 Å². The number of hydrogen-bond acceptors (Lipinski definition) is 46. The zero-order valence-corrected chi connectivity index (χ0v) is 69.4. The first-order valence-corrected chi connectivity index (χ1v) is 40.3. The molecule has 0 bridgehead atoms. The summed E-state index contributed by atoms with van der Waals surface area (Å²) < 4.78 is 75.8. The number of carboxylic acids is 7. The van der Waals surface area contributed by atoms with Gasteiger partial charge in [0.2, 0.25) is 22.2 Å². The highest BCUT2D eigenvalue weighted by atomic mass is 33.1. The Morgan fingerprint density at radius 2 is 0.886 bits per heavy atom. The molecule has 12 rings (SSSR count). The summed E-state index contributed by atoms with van der Waals surface area (Å²) in [6.07, 6.45) is 0.171. The average molecular weight is 1930 g/mol. The molecule has 132 heavy (non-hydrogen) atoms. The third kappa shape index (κ3) is 38.3. The number of carbonyl (C=O) groups is 23. The van der Waals surface area contributed by atoms with Crippen LogP contribution in [-0.4, -0.2) is 264 Å². The van der Waals surface area contributed by atoms with Crippen molar-refractivity contribution in [3.63, 3.8) is 0 Å². The lowest BCUT2D eigenvalue weighted by atomic mass is 9.59. The summed E-state index contributed by atoms with van der Waals surface area (Å²) in [5, 5.41) is 120. The second-order valence-electron chi connectivity index (χ2n) is 25.4. The normalized spacial score (nSPS) is 19.2. The third-order valence-electron chi connectivity index (χ3n) is 17.0. The van der Waals surface area contributed by atoms with Crippen molar-refractivity contribution in [1.82, 2.24) is 0 Å². The number of benzene rings is 5. The summed E-state index contributed by atoms with van der Waals surface area (Å²) in [5.74, 6) is -18.4. The second-order valence-corrected chi connectivity index (χ2v) is 30.0. The van der Waals surface area contributed by atoms with Gasteiger partial charge in [0.1, 0.15) is 60.1 Å². The van der Waals surface area contributed by atoms with Gasteiger partial charge in [-0.25, -0.2) is 27.6 Å². The Morgan fingerprint density at radius 1 is 0.439 bits per heavy atom. The van der Waals surface area contributed by atoms with E-state index in [2.05, 4.69) is 52.1 Å². The molecular weight excluding hydrogens is 1850 g/mol. The van der Waals surface area contributed by atoms with Gasteiger partial charge < -0.3 is 128 Å². The van der Waals surface area contributed by atoms with Gasteiger partial charge in [-0.05, 0) is 123 Å². The summed E-state index contributed by atoms with van der Waals surface area (Å²) in [6.45, 7) is 1.99. The Hall–Kier alpha value is -16.0. The number of carbonyl (C=O) groups excluding carboxylic acids is 16. The highest BCUT2D eigenvalue weighted by Crippen LogP contribution is 2.55. The summed E-state index contributed by atoms with van der Waals surface area (Å²) in [5.41, 5.74) is -0.0498. The molecule has 5 aromatic carbocycles. The minimum atomic E-state index is -3.59. The third-order valence-corrected chi connectivity index (χ3v) is 21.2. The van der Waals surface area contributed by atoms with Crippen molar-refractivity contribution >= 4 is 173 Å². The van der Waals surface area contributed by atoms with Crippen LogP contribution in [0.4, 0.5) is 0 Å². The first-order chi connectivity index (χ1) is 62.4. The molecule has 6 unspecified atom stereocenters. The van der Waals surface area contributed by atoms with Crippen LogP contribution in [0.1, 0.15) is 65.7 Å². The maximum atomic E-state index is 12.1. The van der Waals surface area contributed by atoms with Crippen molar-refractivity contribution in [2.75, 3.05) is 24.7 Å². The SMILES string of the molecule is O=C1OC(=O)C2C1C1C(=O)OC(=O)C21.O=C1OC(=O)C2C1CC1C(=O)OC(=O)C12.O=CO/C=C/C(=O)O.O=COC(O)C(O)C(=O)O.O=COC1CCC(C(=O)O)CC1.O=COCCC(=O)O.O=COCCSSCCC(=O)O.O=COc1cc(O)cc(C(=O)O)c1.O=COc1ccc(O)cc1O.O=COc1cccc(C(=O)O)c1.O=S(=O)(c1ccc(O)cc1)c1ccc(O)cc1. The monoisotopic (exact) mass is 1920 g/mol. The van der Waals surface area contributed by atoms with Gasteiger partial charge in [-0.15, -0.1) is 0 Å². The van der Waals surface area contributed by atoms with Crippen LogP contribution in [0.2, 0.25) is 0 Å². The minimum absolute atomic E-state index is 0.00704. The lowest BCUT2D eigenvalue weighted by Crippen LogP contribution is -2.50. The predicted molar refractivity (Wildman–Crippen MR) is 422 cm³/mol. The van der Waals surface area contributed by atoms with Gasteiger partial charge >= 0.3 is 89.5 Å². The molecule has 4 aliphatic heterocycles. The Morgan fingerprint density at radius 3 is 1.30 bits per heavy atom. The number of phenolic OH excluding ortho intramolecular Hbond substituents is 5. The number of rotatable bonds is 32. The van der Waals surface area contributed by atoms with E-state index in [9.17, 15) is 119 Å². The summed E-state index contributed by atoms with van der Waals surface area (Å²) in [6, 6.07) is 23.3. The van der Waals surface area contributed by atoms with Crippen molar-refractivity contribution in [2.24, 2.45) is 53.3 Å². The summed E-state index contributed by atoms with van der Waals surface area (Å²) >= 11 is 0. The van der Waals surface area contributed by atoms with E-state index in [1.54, 1.807) is 0 Å². The van der Waals surface area contributed by atoms with Gasteiger partial charge in [-0.1, -0.05) is 27.7 Å². The number of aromatic carboxylic acids is 2. The summed E-state index contributed by atoms with van der Waals surface area (Å²) in [7, 11) is -0.618. The first-order valence-electron chi connectivity index (χ1n) is 36.3. The molecule has 0 spiro atoms. The van der Waals surface area contributed by atoms with Gasteiger partial charge in [0, 0.05) is 23.6 Å². The van der Waals surface area contributed by atoms with E-state index in [0.717, 1.165) is 30.5 Å². The van der Waals surface area contributed by atoms with Crippen LogP contribution in [0.5, 0.6) is 46.0 Å². The highest BCUT2D eigenvalue weighted by Gasteiger charge is 2.73. The van der Waals surface area contributed by atoms with Gasteiger partial charge in [-0.3, -0.25) is 91.1 Å². The van der Waals surface area contributed by atoms with Gasteiger partial charge in [0.05, 0.1) is 93.1 Å². The molecule has 7 fully saturated rings. The van der Waals surface area contributed by atoms with Gasteiger partial charge in [0.25, 0.3) is 51.8 Å². The van der Waals surface area contributed by atoms with Crippen LogP contribution in [0.15, 0.2) is 131 Å². The fourth-order valence-electron chi connectivity index (χ4n) is 11.2. The molecule has 3 aliphatic carbocycles. The molecule has 51 nitrogen and oxygen atoms in total. The number of hydrogen-bond donors (Lipinski definition) is 14. The molecule has 0 amide bonds. The van der Waals surface area contributed by atoms with Crippen LogP contribution in [0, 0.1) is 53.3 Å². The minimum Gasteiger partial charge on any atom is -0.508 e. The lowest BCUT2D eigenvalue weighted by Gasteiger charge is -2.33. The molecule has 14 N–H and O–H groups in total. The molecule has 7 aliphatic rings. The Balaban J connectivity index is 0.000000495. The van der Waals surface area contributed by atoms with Crippen molar-refractivity contribution < 1.29 is 247 Å². The fourth-order valence-corrected chi connectivity index (χ4v) is 14.2. The molecule has 54 heteroatoms. The van der Waals surface area contributed by atoms with Gasteiger partial charge in [-0.2, -0.15) is 0 Å². The number of aromatic hydroxyl groups is 5. The molecule has 5 aromatic rings. The summed E-state index contributed by atoms with van der Waals surface area (Å²) in [4.78, 5) is 237. The maximum absolute atomic E-state index is 12.1. The number of aliphatic carboxylic acids is 5. The van der Waals surface area contributed by atoms with E-state index in [1.807, 2.05) is 0 Å². The molecular formula is C78H76O51S3. The largest absolute Gasteiger partial charge is 0.508 e. The Labute approximate surface area is 746 Å². The number of cyclic esters (lactones) is 8. The van der Waals surface area contributed by atoms with Crippen molar-refractivity contribution in [2.45, 2.75) is 73.2 Å². The van der Waals surface area contributed by atoms with Crippen LogP contribution in [0.3, 0.4) is 0 Å².